The molecular formula is C16H23N3O3S. The summed E-state index contributed by atoms with van der Waals surface area (Å²) in [4.78, 5) is 12.1. The summed E-state index contributed by atoms with van der Waals surface area (Å²) in [6.07, 6.45) is 1.22. The highest BCUT2D eigenvalue weighted by Crippen LogP contribution is 2.22. The average molecular weight is 337 g/mol. The predicted octanol–water partition coefficient (Wildman–Crippen LogP) is 2.64. The largest absolute Gasteiger partial charge is 0.421 e. The van der Waals surface area contributed by atoms with Crippen molar-refractivity contribution >= 4 is 17.2 Å². The van der Waals surface area contributed by atoms with Gasteiger partial charge in [-0.2, -0.15) is 11.3 Å². The predicted molar refractivity (Wildman–Crippen MR) is 89.0 cm³/mol. The van der Waals surface area contributed by atoms with E-state index in [0.29, 0.717) is 24.6 Å². The Morgan fingerprint density at radius 3 is 2.83 bits per heavy atom. The summed E-state index contributed by atoms with van der Waals surface area (Å²) in [7, 11) is 0. The van der Waals surface area contributed by atoms with Crippen LogP contribution in [0.4, 0.5) is 0 Å². The monoisotopic (exact) mass is 337 g/mol. The molecule has 126 valence electrons. The Morgan fingerprint density at radius 1 is 1.43 bits per heavy atom. The highest BCUT2D eigenvalue weighted by molar-refractivity contribution is 7.08. The molecule has 0 spiro atoms. The van der Waals surface area contributed by atoms with E-state index in [2.05, 4.69) is 15.5 Å². The number of hydrogen-bond donors (Lipinski definition) is 2. The molecule has 0 fully saturated rings. The molecule has 0 aliphatic heterocycles. The van der Waals surface area contributed by atoms with Gasteiger partial charge in [0.2, 0.25) is 17.7 Å². The Hall–Kier alpha value is -1.73. The molecular weight excluding hydrogens is 314 g/mol. The first-order chi connectivity index (χ1) is 10.9. The molecule has 2 aromatic heterocycles. The second kappa shape index (κ2) is 7.70. The molecule has 1 amide bonds. The summed E-state index contributed by atoms with van der Waals surface area (Å²) in [6, 6.07) is 1.85. The number of aromatic nitrogens is 2. The molecule has 1 atom stereocenters. The summed E-state index contributed by atoms with van der Waals surface area (Å²) in [6.45, 7) is 6.17. The van der Waals surface area contributed by atoms with Gasteiger partial charge in [-0.25, -0.2) is 0 Å². The molecule has 0 aromatic carbocycles. The first-order valence-electron chi connectivity index (χ1n) is 7.65. The normalized spacial score (nSPS) is 13.0. The number of thiophene rings is 1. The lowest BCUT2D eigenvalue weighted by atomic mass is 9.85. The number of aliphatic hydroxyl groups excluding tert-OH is 1. The molecule has 23 heavy (non-hydrogen) atoms. The molecule has 0 saturated carbocycles. The van der Waals surface area contributed by atoms with E-state index in [1.54, 1.807) is 11.3 Å². The van der Waals surface area contributed by atoms with Crippen molar-refractivity contribution in [3.8, 4) is 11.5 Å². The van der Waals surface area contributed by atoms with Crippen molar-refractivity contribution < 1.29 is 14.3 Å². The van der Waals surface area contributed by atoms with Gasteiger partial charge in [0.15, 0.2) is 0 Å². The Bertz CT molecular complexity index is 617. The maximum Gasteiger partial charge on any atom is 0.248 e. The molecule has 0 aliphatic carbocycles. The summed E-state index contributed by atoms with van der Waals surface area (Å²) < 4.78 is 5.56. The molecule has 2 aromatic rings. The van der Waals surface area contributed by atoms with Crippen molar-refractivity contribution in [2.75, 3.05) is 6.61 Å². The van der Waals surface area contributed by atoms with Gasteiger partial charge < -0.3 is 14.8 Å². The van der Waals surface area contributed by atoms with E-state index >= 15 is 0 Å². The Morgan fingerprint density at radius 2 is 2.22 bits per heavy atom. The summed E-state index contributed by atoms with van der Waals surface area (Å²) in [5.41, 5.74) is 0.795. The van der Waals surface area contributed by atoms with Gasteiger partial charge in [0.25, 0.3) is 0 Å². The zero-order valence-electron chi connectivity index (χ0n) is 13.7. The standard InChI is InChI=1S/C16H23N3O3S/c1-16(2,3)12(6-8-20)17-13(21)4-5-14-18-19-15(22-14)11-7-9-23-10-11/h7,9-10,12,20H,4-6,8H2,1-3H3,(H,17,21). The Labute approximate surface area is 139 Å². The van der Waals surface area contributed by atoms with Crippen LogP contribution in [0.1, 0.15) is 39.5 Å². The third-order valence-corrected chi connectivity index (χ3v) is 4.28. The topological polar surface area (TPSA) is 88.2 Å². The van der Waals surface area contributed by atoms with E-state index in [1.165, 1.54) is 0 Å². The molecule has 2 N–H and O–H groups in total. The van der Waals surface area contributed by atoms with Crippen molar-refractivity contribution in [3.63, 3.8) is 0 Å². The van der Waals surface area contributed by atoms with Crippen LogP contribution in [-0.4, -0.2) is 33.9 Å². The zero-order chi connectivity index (χ0) is 16.9. The fraction of sp³-hybridized carbons (Fsp3) is 0.562. The SMILES string of the molecule is CC(C)(C)C(CCO)NC(=O)CCc1nnc(-c2ccsc2)o1. The molecule has 7 heteroatoms. The van der Waals surface area contributed by atoms with Crippen LogP contribution in [0.5, 0.6) is 0 Å². The number of aryl methyl sites for hydroxylation is 1. The molecule has 0 radical (unpaired) electrons. The number of hydrogen-bond acceptors (Lipinski definition) is 6. The van der Waals surface area contributed by atoms with Crippen LogP contribution < -0.4 is 5.32 Å². The van der Waals surface area contributed by atoms with Crippen molar-refractivity contribution in [2.24, 2.45) is 5.41 Å². The number of rotatable bonds is 7. The van der Waals surface area contributed by atoms with Crippen LogP contribution in [-0.2, 0) is 11.2 Å². The molecule has 0 aliphatic rings. The van der Waals surface area contributed by atoms with E-state index in [0.717, 1.165) is 5.56 Å². The van der Waals surface area contributed by atoms with E-state index in [9.17, 15) is 4.79 Å². The van der Waals surface area contributed by atoms with Gasteiger partial charge in [-0.15, -0.1) is 10.2 Å². The average Bonchev–Trinajstić information content (AvgIpc) is 3.14. The highest BCUT2D eigenvalue weighted by atomic mass is 32.1. The van der Waals surface area contributed by atoms with Crippen molar-refractivity contribution in [1.82, 2.24) is 15.5 Å². The molecule has 6 nitrogen and oxygen atoms in total. The molecule has 0 bridgehead atoms. The Balaban J connectivity index is 1.87. The summed E-state index contributed by atoms with van der Waals surface area (Å²) in [5.74, 6) is 0.860. The van der Waals surface area contributed by atoms with Gasteiger partial charge >= 0.3 is 0 Å². The number of nitrogens with one attached hydrogen (secondary N) is 1. The van der Waals surface area contributed by atoms with E-state index < -0.39 is 0 Å². The van der Waals surface area contributed by atoms with Gasteiger partial charge in [0.05, 0.1) is 0 Å². The van der Waals surface area contributed by atoms with Crippen molar-refractivity contribution in [2.45, 2.75) is 46.1 Å². The van der Waals surface area contributed by atoms with E-state index in [-0.39, 0.29) is 30.4 Å². The fourth-order valence-corrected chi connectivity index (χ4v) is 2.82. The van der Waals surface area contributed by atoms with Crippen LogP contribution in [0.25, 0.3) is 11.5 Å². The minimum Gasteiger partial charge on any atom is -0.421 e. The van der Waals surface area contributed by atoms with Crippen LogP contribution in [0.2, 0.25) is 0 Å². The maximum atomic E-state index is 12.1. The Kier molecular flexibility index (Phi) is 5.90. The van der Waals surface area contributed by atoms with Gasteiger partial charge in [0.1, 0.15) is 0 Å². The smallest absolute Gasteiger partial charge is 0.248 e. The third kappa shape index (κ3) is 5.14. The van der Waals surface area contributed by atoms with Gasteiger partial charge in [-0.3, -0.25) is 4.79 Å². The number of amides is 1. The molecule has 0 saturated heterocycles. The lowest BCUT2D eigenvalue weighted by Gasteiger charge is -2.31. The second-order valence-electron chi connectivity index (χ2n) is 6.51. The fourth-order valence-electron chi connectivity index (χ4n) is 2.20. The number of nitrogens with zero attached hydrogens (tertiary/aromatic N) is 2. The molecule has 2 rings (SSSR count). The van der Waals surface area contributed by atoms with Crippen LogP contribution >= 0.6 is 11.3 Å². The van der Waals surface area contributed by atoms with Crippen LogP contribution in [0.15, 0.2) is 21.2 Å². The summed E-state index contributed by atoms with van der Waals surface area (Å²) in [5, 5.41) is 24.0. The number of carbonyl (C=O) groups excluding carboxylic acids is 1. The molecule has 1 unspecified atom stereocenters. The van der Waals surface area contributed by atoms with E-state index in [1.807, 2.05) is 37.6 Å². The first kappa shape index (κ1) is 17.6. The minimum atomic E-state index is -0.102. The lowest BCUT2D eigenvalue weighted by Crippen LogP contribution is -2.44. The van der Waals surface area contributed by atoms with Gasteiger partial charge in [-0.1, -0.05) is 20.8 Å². The maximum absolute atomic E-state index is 12.1. The number of carbonyl (C=O) groups is 1. The molecule has 2 heterocycles. The van der Waals surface area contributed by atoms with Gasteiger partial charge in [-0.05, 0) is 23.3 Å². The van der Waals surface area contributed by atoms with Gasteiger partial charge in [0, 0.05) is 36.4 Å². The lowest BCUT2D eigenvalue weighted by molar-refractivity contribution is -0.122. The van der Waals surface area contributed by atoms with Crippen molar-refractivity contribution in [3.05, 3.63) is 22.7 Å². The van der Waals surface area contributed by atoms with E-state index in [4.69, 9.17) is 9.52 Å². The second-order valence-corrected chi connectivity index (χ2v) is 7.29. The van der Waals surface area contributed by atoms with Crippen molar-refractivity contribution in [1.29, 1.82) is 0 Å². The van der Waals surface area contributed by atoms with Crippen LogP contribution in [0, 0.1) is 5.41 Å². The number of aliphatic hydroxyl groups is 1. The minimum absolute atomic E-state index is 0.0515. The zero-order valence-corrected chi connectivity index (χ0v) is 14.5. The quantitative estimate of drug-likeness (QED) is 0.811. The third-order valence-electron chi connectivity index (χ3n) is 3.60. The summed E-state index contributed by atoms with van der Waals surface area (Å²) >= 11 is 1.56. The first-order valence-corrected chi connectivity index (χ1v) is 8.59. The van der Waals surface area contributed by atoms with Crippen LogP contribution in [0.3, 0.4) is 0 Å². The highest BCUT2D eigenvalue weighted by Gasteiger charge is 2.25.